The molecule has 0 bridgehead atoms. The Hall–Kier alpha value is -3.57. The number of rotatable bonds is 11. The Balaban J connectivity index is 1.52. The second-order valence-electron chi connectivity index (χ2n) is 8.38. The average molecular weight is 454 g/mol. The number of hydrogen-bond acceptors (Lipinski definition) is 5. The molecular formula is C29H31N3O2. The van der Waals surface area contributed by atoms with Crippen LogP contribution in [-0.2, 0) is 0 Å². The summed E-state index contributed by atoms with van der Waals surface area (Å²) < 4.78 is 5.80. The molecule has 0 spiro atoms. The summed E-state index contributed by atoms with van der Waals surface area (Å²) in [5.41, 5.74) is 2.76. The van der Waals surface area contributed by atoms with Crippen molar-refractivity contribution < 1.29 is 9.84 Å². The van der Waals surface area contributed by atoms with Gasteiger partial charge in [-0.2, -0.15) is 0 Å². The highest BCUT2D eigenvalue weighted by atomic mass is 16.5. The van der Waals surface area contributed by atoms with Gasteiger partial charge in [0, 0.05) is 16.7 Å². The van der Waals surface area contributed by atoms with Crippen LogP contribution < -0.4 is 4.74 Å². The van der Waals surface area contributed by atoms with Crippen LogP contribution in [0, 0.1) is 0 Å². The molecule has 0 aliphatic rings. The van der Waals surface area contributed by atoms with E-state index >= 15 is 0 Å². The van der Waals surface area contributed by atoms with Crippen molar-refractivity contribution in [2.45, 2.75) is 45.1 Å². The van der Waals surface area contributed by atoms with Gasteiger partial charge >= 0.3 is 0 Å². The fraction of sp³-hybridized carbons (Fsp3) is 0.276. The molecule has 34 heavy (non-hydrogen) atoms. The predicted octanol–water partition coefficient (Wildman–Crippen LogP) is 6.58. The molecule has 4 rings (SSSR count). The van der Waals surface area contributed by atoms with Crippen LogP contribution in [0.5, 0.6) is 5.75 Å². The van der Waals surface area contributed by atoms with Crippen LogP contribution in [0.25, 0.3) is 34.2 Å². The number of unbranched alkanes of at least 4 members (excludes halogenated alkanes) is 3. The summed E-state index contributed by atoms with van der Waals surface area (Å²) in [7, 11) is 0. The molecular weight excluding hydrogens is 422 g/mol. The quantitative estimate of drug-likeness (QED) is 0.260. The molecule has 0 fully saturated rings. The SMILES string of the molecule is CCCCCCC(O)COc1ccc(-c2nc(-c3ccccc3)nc(-c3ccccc3)n2)cc1. The zero-order chi connectivity index (χ0) is 23.6. The maximum atomic E-state index is 10.2. The number of benzene rings is 3. The Morgan fingerprint density at radius 1 is 0.647 bits per heavy atom. The van der Waals surface area contributed by atoms with Crippen molar-refractivity contribution in [2.75, 3.05) is 6.61 Å². The number of nitrogens with zero attached hydrogens (tertiary/aromatic N) is 3. The molecule has 0 aliphatic heterocycles. The third-order valence-electron chi connectivity index (χ3n) is 5.65. The molecule has 1 heterocycles. The molecule has 0 amide bonds. The lowest BCUT2D eigenvalue weighted by Crippen LogP contribution is -2.17. The fourth-order valence-corrected chi connectivity index (χ4v) is 3.72. The molecule has 0 aliphatic carbocycles. The maximum Gasteiger partial charge on any atom is 0.164 e. The molecule has 3 aromatic carbocycles. The Labute approximate surface area is 201 Å². The minimum absolute atomic E-state index is 0.299. The van der Waals surface area contributed by atoms with Gasteiger partial charge in [-0.15, -0.1) is 0 Å². The van der Waals surface area contributed by atoms with Gasteiger partial charge < -0.3 is 9.84 Å². The van der Waals surface area contributed by atoms with Gasteiger partial charge in [-0.3, -0.25) is 0 Å². The smallest absolute Gasteiger partial charge is 0.164 e. The summed E-state index contributed by atoms with van der Waals surface area (Å²) in [5.74, 6) is 2.60. The third-order valence-corrected chi connectivity index (χ3v) is 5.65. The Bertz CT molecular complexity index is 1090. The van der Waals surface area contributed by atoms with Crippen molar-refractivity contribution in [1.29, 1.82) is 0 Å². The van der Waals surface area contributed by atoms with E-state index in [2.05, 4.69) is 6.92 Å². The predicted molar refractivity (Wildman–Crippen MR) is 136 cm³/mol. The lowest BCUT2D eigenvalue weighted by Gasteiger charge is -2.13. The van der Waals surface area contributed by atoms with Crippen molar-refractivity contribution in [2.24, 2.45) is 0 Å². The van der Waals surface area contributed by atoms with Crippen molar-refractivity contribution in [3.63, 3.8) is 0 Å². The lowest BCUT2D eigenvalue weighted by atomic mass is 10.1. The highest BCUT2D eigenvalue weighted by Crippen LogP contribution is 2.25. The second kappa shape index (κ2) is 12.1. The molecule has 174 valence electrons. The third kappa shape index (κ3) is 6.49. The zero-order valence-corrected chi connectivity index (χ0v) is 19.6. The van der Waals surface area contributed by atoms with E-state index in [1.165, 1.54) is 12.8 Å². The molecule has 1 atom stereocenters. The molecule has 0 saturated heterocycles. The molecule has 0 radical (unpaired) electrons. The first-order valence-electron chi connectivity index (χ1n) is 12.0. The van der Waals surface area contributed by atoms with Crippen molar-refractivity contribution in [3.8, 4) is 39.9 Å². The van der Waals surface area contributed by atoms with Gasteiger partial charge in [-0.1, -0.05) is 93.3 Å². The largest absolute Gasteiger partial charge is 0.491 e. The molecule has 5 nitrogen and oxygen atoms in total. The van der Waals surface area contributed by atoms with E-state index in [0.717, 1.165) is 41.7 Å². The van der Waals surface area contributed by atoms with Crippen molar-refractivity contribution >= 4 is 0 Å². The highest BCUT2D eigenvalue weighted by Gasteiger charge is 2.12. The number of aromatic nitrogens is 3. The fourth-order valence-electron chi connectivity index (χ4n) is 3.72. The van der Waals surface area contributed by atoms with Gasteiger partial charge in [-0.05, 0) is 30.7 Å². The molecule has 1 aromatic heterocycles. The van der Waals surface area contributed by atoms with E-state index < -0.39 is 6.10 Å². The van der Waals surface area contributed by atoms with Crippen LogP contribution in [0.4, 0.5) is 0 Å². The van der Waals surface area contributed by atoms with Crippen LogP contribution in [0.2, 0.25) is 0 Å². The van der Waals surface area contributed by atoms with Crippen molar-refractivity contribution in [3.05, 3.63) is 84.9 Å². The summed E-state index contributed by atoms with van der Waals surface area (Å²) in [5, 5.41) is 10.2. The van der Waals surface area contributed by atoms with Crippen molar-refractivity contribution in [1.82, 2.24) is 15.0 Å². The highest BCUT2D eigenvalue weighted by molar-refractivity contribution is 5.66. The van der Waals surface area contributed by atoms with Gasteiger partial charge in [0.2, 0.25) is 0 Å². The first-order valence-corrected chi connectivity index (χ1v) is 12.0. The summed E-state index contributed by atoms with van der Waals surface area (Å²) >= 11 is 0. The van der Waals surface area contributed by atoms with Gasteiger partial charge in [0.15, 0.2) is 17.5 Å². The Kier molecular flexibility index (Phi) is 8.36. The van der Waals surface area contributed by atoms with Crippen LogP contribution in [0.1, 0.15) is 39.0 Å². The second-order valence-corrected chi connectivity index (χ2v) is 8.38. The normalized spacial score (nSPS) is 11.8. The molecule has 5 heteroatoms. The monoisotopic (exact) mass is 453 g/mol. The van der Waals surface area contributed by atoms with E-state index in [4.69, 9.17) is 19.7 Å². The molecule has 1 unspecified atom stereocenters. The number of hydrogen-bond donors (Lipinski definition) is 1. The Morgan fingerprint density at radius 3 is 1.65 bits per heavy atom. The van der Waals surface area contributed by atoms with Crippen LogP contribution >= 0.6 is 0 Å². The summed E-state index contributed by atoms with van der Waals surface area (Å²) in [6, 6.07) is 27.5. The number of ether oxygens (including phenoxy) is 1. The van der Waals surface area contributed by atoms with E-state index in [1.807, 2.05) is 84.9 Å². The first-order chi connectivity index (χ1) is 16.7. The zero-order valence-electron chi connectivity index (χ0n) is 19.6. The first kappa shape index (κ1) is 23.6. The number of aliphatic hydroxyl groups excluding tert-OH is 1. The van der Waals surface area contributed by atoms with Gasteiger partial charge in [0.1, 0.15) is 12.4 Å². The summed E-state index contributed by atoms with van der Waals surface area (Å²) in [6.07, 6.45) is 4.92. The average Bonchev–Trinajstić information content (AvgIpc) is 2.91. The van der Waals surface area contributed by atoms with Gasteiger partial charge in [-0.25, -0.2) is 15.0 Å². The number of aliphatic hydroxyl groups is 1. The van der Waals surface area contributed by atoms with E-state index in [-0.39, 0.29) is 0 Å². The van der Waals surface area contributed by atoms with Gasteiger partial charge in [0.25, 0.3) is 0 Å². The molecule has 4 aromatic rings. The van der Waals surface area contributed by atoms with Crippen LogP contribution in [0.15, 0.2) is 84.9 Å². The standard InChI is InChI=1S/C29H31N3O2/c1-2-3-4-11-16-25(33)21-34-26-19-17-24(18-20-26)29-31-27(22-12-7-5-8-13-22)30-28(32-29)23-14-9-6-10-15-23/h5-10,12-15,17-20,25,33H,2-4,11,16,21H2,1H3. The topological polar surface area (TPSA) is 68.1 Å². The van der Waals surface area contributed by atoms with Crippen LogP contribution in [-0.4, -0.2) is 32.8 Å². The van der Waals surface area contributed by atoms with E-state index in [9.17, 15) is 5.11 Å². The molecule has 1 N–H and O–H groups in total. The van der Waals surface area contributed by atoms with Crippen LogP contribution in [0.3, 0.4) is 0 Å². The van der Waals surface area contributed by atoms with Gasteiger partial charge in [0.05, 0.1) is 6.10 Å². The minimum atomic E-state index is -0.443. The lowest BCUT2D eigenvalue weighted by molar-refractivity contribution is 0.0975. The van der Waals surface area contributed by atoms with E-state index in [1.54, 1.807) is 0 Å². The maximum absolute atomic E-state index is 10.2. The minimum Gasteiger partial charge on any atom is -0.491 e. The molecule has 0 saturated carbocycles. The Morgan fingerprint density at radius 2 is 1.15 bits per heavy atom. The summed E-state index contributed by atoms with van der Waals surface area (Å²) in [4.78, 5) is 14.2. The van der Waals surface area contributed by atoms with E-state index in [0.29, 0.717) is 24.1 Å². The summed E-state index contributed by atoms with van der Waals surface area (Å²) in [6.45, 7) is 2.48.